The molecule has 0 aliphatic carbocycles. The minimum Gasteiger partial charge on any atom is -0.861 e. The number of aliphatic imine (C=N–C) groups is 1. The number of rotatable bonds is 12. The van der Waals surface area contributed by atoms with E-state index in [1.807, 2.05) is 0 Å². The maximum atomic E-state index is 11.6. The molecule has 22 nitrogen and oxygen atoms in total. The number of nitrogens with two attached hydrogens (primary N) is 2. The predicted molar refractivity (Wildman–Crippen MR) is 139 cm³/mol. The van der Waals surface area contributed by atoms with Crippen molar-refractivity contribution >= 4 is 96.4 Å². The smallest absolute Gasteiger partial charge is 0.861 e. The number of carbonyl (C=O) groups is 3. The zero-order valence-electron chi connectivity index (χ0n) is 21.4. The van der Waals surface area contributed by atoms with Crippen LogP contribution in [-0.4, -0.2) is 112 Å². The van der Waals surface area contributed by atoms with E-state index >= 15 is 0 Å². The largest absolute Gasteiger partial charge is 2.00 e. The minimum absolute atomic E-state index is 0. The van der Waals surface area contributed by atoms with Crippen molar-refractivity contribution in [3.05, 3.63) is 30.5 Å². The van der Waals surface area contributed by atoms with Crippen LogP contribution in [0.1, 0.15) is 0 Å². The third-order valence-corrected chi connectivity index (χ3v) is 4.40. The van der Waals surface area contributed by atoms with Gasteiger partial charge < -0.3 is 47.5 Å². The molecule has 2 aromatic heterocycles. The van der Waals surface area contributed by atoms with Gasteiger partial charge in [0.1, 0.15) is 6.54 Å². The molecule has 0 aliphatic rings. The van der Waals surface area contributed by atoms with Crippen LogP contribution in [-0.2, 0) is 28.5 Å². The summed E-state index contributed by atoms with van der Waals surface area (Å²) < 4.78 is 1.89. The first kappa shape index (κ1) is 36.3. The molecule has 0 aromatic carbocycles. The van der Waals surface area contributed by atoms with Crippen LogP contribution >= 0.6 is 0 Å². The van der Waals surface area contributed by atoms with E-state index in [2.05, 4.69) is 41.3 Å². The van der Waals surface area contributed by atoms with Crippen molar-refractivity contribution in [1.29, 1.82) is 0 Å². The first-order valence-electron chi connectivity index (χ1n) is 10.5. The van der Waals surface area contributed by atoms with E-state index in [0.29, 0.717) is 0 Å². The van der Waals surface area contributed by atoms with Crippen LogP contribution in [0.15, 0.2) is 24.9 Å². The van der Waals surface area contributed by atoms with Gasteiger partial charge in [-0.15, -0.1) is 9.81 Å². The average Bonchev–Trinajstić information content (AvgIpc) is 2.89. The van der Waals surface area contributed by atoms with Crippen molar-refractivity contribution in [3.8, 4) is 0 Å². The first-order chi connectivity index (χ1) is 18.7. The molecule has 0 atom stereocenters. The van der Waals surface area contributed by atoms with Crippen molar-refractivity contribution in [2.45, 2.75) is 0 Å². The second-order valence-corrected chi connectivity index (χ2v) is 7.21. The molecular formula is C18H22CaN12O10. The summed E-state index contributed by atoms with van der Waals surface area (Å²) in [5, 5.41) is 41.6. The number of nitrogens with one attached hydrogen (secondary N) is 3. The Morgan fingerprint density at radius 2 is 1.32 bits per heavy atom. The molecule has 8 N–H and O–H groups in total. The SMILES string of the molecule is Cn1c(NCC(=O)NCC(=O)O)nc(N)c(N=O)c1=O.Cn1c(NCC([O-])=NCC(=O)[O-])nc(N)c(N=O)c1=O.[Ca+2]. The molecule has 0 fully saturated rings. The van der Waals surface area contributed by atoms with Crippen molar-refractivity contribution in [3.63, 3.8) is 0 Å². The topological polar surface area (TPSA) is 347 Å². The third kappa shape index (κ3) is 11.1. The normalized spacial score (nSPS) is 10.2. The second kappa shape index (κ2) is 17.1. The number of aliphatic carboxylic acids is 2. The van der Waals surface area contributed by atoms with Crippen LogP contribution in [0.4, 0.5) is 34.9 Å². The molecular weight excluding hydrogens is 584 g/mol. The van der Waals surface area contributed by atoms with Crippen molar-refractivity contribution < 1.29 is 29.7 Å². The first-order valence-corrected chi connectivity index (χ1v) is 10.5. The Morgan fingerprint density at radius 3 is 1.71 bits per heavy atom. The van der Waals surface area contributed by atoms with E-state index in [1.54, 1.807) is 0 Å². The monoisotopic (exact) mass is 606 g/mol. The fourth-order valence-corrected chi connectivity index (χ4v) is 2.46. The number of nitrogen functional groups attached to an aromatic ring is 2. The van der Waals surface area contributed by atoms with Crippen molar-refractivity contribution in [2.75, 3.05) is 48.3 Å². The molecule has 2 heterocycles. The zero-order chi connectivity index (χ0) is 30.6. The van der Waals surface area contributed by atoms with E-state index in [0.717, 1.165) is 9.13 Å². The van der Waals surface area contributed by atoms with Gasteiger partial charge in [0.05, 0.1) is 19.1 Å². The van der Waals surface area contributed by atoms with Crippen molar-refractivity contribution in [2.24, 2.45) is 29.4 Å². The van der Waals surface area contributed by atoms with Gasteiger partial charge >= 0.3 is 43.7 Å². The van der Waals surface area contributed by atoms with Crippen LogP contribution < -0.4 is 48.7 Å². The summed E-state index contributed by atoms with van der Waals surface area (Å²) in [7, 11) is 2.59. The Labute approximate surface area is 257 Å². The molecule has 0 unspecified atom stereocenters. The quantitative estimate of drug-likeness (QED) is 0.0568. The third-order valence-electron chi connectivity index (χ3n) is 4.40. The predicted octanol–water partition coefficient (Wildman–Crippen LogP) is -5.33. The second-order valence-electron chi connectivity index (χ2n) is 7.21. The van der Waals surface area contributed by atoms with E-state index in [4.69, 9.17) is 16.6 Å². The van der Waals surface area contributed by atoms with Crippen LogP contribution in [0.25, 0.3) is 0 Å². The number of carboxylic acid groups (broad SMARTS) is 2. The summed E-state index contributed by atoms with van der Waals surface area (Å²) in [6, 6.07) is 0. The Bertz CT molecular complexity index is 1460. The van der Waals surface area contributed by atoms with E-state index in [1.165, 1.54) is 14.1 Å². The summed E-state index contributed by atoms with van der Waals surface area (Å²) >= 11 is 0. The Morgan fingerprint density at radius 1 is 0.878 bits per heavy atom. The summed E-state index contributed by atoms with van der Waals surface area (Å²) in [6.45, 7) is -2.01. The summed E-state index contributed by atoms with van der Waals surface area (Å²) in [6.07, 6.45) is 0. The van der Waals surface area contributed by atoms with Crippen LogP contribution in [0.3, 0.4) is 0 Å². The molecule has 1 amide bonds. The molecule has 41 heavy (non-hydrogen) atoms. The maximum Gasteiger partial charge on any atom is 2.00 e. The molecule has 2 rings (SSSR count). The molecule has 2 aromatic rings. The van der Waals surface area contributed by atoms with Gasteiger partial charge in [-0.3, -0.25) is 33.3 Å². The molecule has 0 saturated carbocycles. The standard InChI is InChI=1S/2C9H12N6O5.Ca/c2*1-15-8(19)6(14-20)7(10)13-9(15)12-2-4(16)11-3-5(17)18;/h2*2-3,10H2,1H3,(H,11,16)(H,12,13)(H,17,18);/q;;+2/p-2. The number of hydrogen-bond donors (Lipinski definition) is 6. The van der Waals surface area contributed by atoms with Gasteiger partial charge in [0.15, 0.2) is 11.6 Å². The van der Waals surface area contributed by atoms with Crippen LogP contribution in [0.2, 0.25) is 0 Å². The molecule has 23 heteroatoms. The molecule has 0 bridgehead atoms. The number of amides is 1. The fourth-order valence-electron chi connectivity index (χ4n) is 2.46. The average molecular weight is 607 g/mol. The molecule has 0 aliphatic heterocycles. The van der Waals surface area contributed by atoms with Crippen LogP contribution in [0, 0.1) is 9.81 Å². The van der Waals surface area contributed by atoms with E-state index in [-0.39, 0.29) is 67.8 Å². The summed E-state index contributed by atoms with van der Waals surface area (Å²) in [5.41, 5.74) is 8.12. The number of carbonyl (C=O) groups excluding carboxylic acids is 2. The van der Waals surface area contributed by atoms with Gasteiger partial charge in [0, 0.05) is 20.6 Å². The molecule has 216 valence electrons. The number of nitrogens with zero attached hydrogens (tertiary/aromatic N) is 7. The maximum absolute atomic E-state index is 11.6. The van der Waals surface area contributed by atoms with Gasteiger partial charge in [-0.05, 0) is 16.3 Å². The number of carboxylic acids is 2. The van der Waals surface area contributed by atoms with Gasteiger partial charge in [-0.25, -0.2) is 0 Å². The molecule has 0 radical (unpaired) electrons. The van der Waals surface area contributed by atoms with Crippen LogP contribution in [0.5, 0.6) is 0 Å². The minimum atomic E-state index is -1.49. The summed E-state index contributed by atoms with van der Waals surface area (Å²) in [5.74, 6) is -4.95. The molecule has 0 spiro atoms. The van der Waals surface area contributed by atoms with Gasteiger partial charge in [0.25, 0.3) is 11.1 Å². The Balaban J connectivity index is 0.000000762. The van der Waals surface area contributed by atoms with E-state index < -0.39 is 65.9 Å². The fraction of sp³-hybridized carbons (Fsp3) is 0.333. The summed E-state index contributed by atoms with van der Waals surface area (Å²) in [4.78, 5) is 86.2. The number of anilines is 4. The van der Waals surface area contributed by atoms with Gasteiger partial charge in [0.2, 0.25) is 29.2 Å². The molecule has 0 saturated heterocycles. The van der Waals surface area contributed by atoms with E-state index in [9.17, 15) is 44.0 Å². The number of aromatic nitrogens is 4. The van der Waals surface area contributed by atoms with Gasteiger partial charge in [-0.1, -0.05) is 0 Å². The number of nitroso groups, excluding NO2 is 2. The van der Waals surface area contributed by atoms with Crippen molar-refractivity contribution in [1.82, 2.24) is 24.4 Å². The Hall–Kier alpha value is -4.70. The Kier molecular flexibility index (Phi) is 15.1. The number of hydrogen-bond acceptors (Lipinski definition) is 18. The zero-order valence-corrected chi connectivity index (χ0v) is 23.7. The van der Waals surface area contributed by atoms with Gasteiger partial charge in [-0.2, -0.15) is 9.97 Å².